The molecule has 0 radical (unpaired) electrons. The fourth-order valence-corrected chi connectivity index (χ4v) is 2.75. The lowest BCUT2D eigenvalue weighted by atomic mass is 9.89. The summed E-state index contributed by atoms with van der Waals surface area (Å²) < 4.78 is 0. The van der Waals surface area contributed by atoms with Crippen LogP contribution in [-0.4, -0.2) is 9.97 Å². The standard InChI is InChI=1S/C17H19N3/c1-11-9-13(10-12(2)17(11)18)16(14-5-3-7-19-14)15-6-4-8-20-15/h3-10,16,19-20H,18H2,1-2H3. The minimum absolute atomic E-state index is 0.179. The van der Waals surface area contributed by atoms with Gasteiger partial charge in [-0.15, -0.1) is 0 Å². The monoisotopic (exact) mass is 265 g/mol. The molecule has 0 fully saturated rings. The highest BCUT2D eigenvalue weighted by molar-refractivity contribution is 5.56. The maximum Gasteiger partial charge on any atom is 0.0641 e. The molecule has 1 aromatic carbocycles. The Labute approximate surface area is 118 Å². The largest absolute Gasteiger partial charge is 0.398 e. The van der Waals surface area contributed by atoms with Crippen molar-refractivity contribution < 1.29 is 0 Å². The number of hydrogen-bond acceptors (Lipinski definition) is 1. The first kappa shape index (κ1) is 12.6. The third-order valence-electron chi connectivity index (χ3n) is 3.82. The van der Waals surface area contributed by atoms with E-state index in [1.807, 2.05) is 24.5 Å². The van der Waals surface area contributed by atoms with Gasteiger partial charge in [-0.2, -0.15) is 0 Å². The number of nitrogen functional groups attached to an aromatic ring is 1. The van der Waals surface area contributed by atoms with Crippen molar-refractivity contribution in [2.75, 3.05) is 5.73 Å². The summed E-state index contributed by atoms with van der Waals surface area (Å²) in [5.74, 6) is 0.179. The summed E-state index contributed by atoms with van der Waals surface area (Å²) in [4.78, 5) is 6.65. The van der Waals surface area contributed by atoms with E-state index in [1.165, 1.54) is 17.0 Å². The normalized spacial score (nSPS) is 11.2. The molecule has 0 amide bonds. The lowest BCUT2D eigenvalue weighted by molar-refractivity contribution is 0.894. The van der Waals surface area contributed by atoms with Crippen LogP contribution >= 0.6 is 0 Å². The molecular weight excluding hydrogens is 246 g/mol. The van der Waals surface area contributed by atoms with E-state index in [-0.39, 0.29) is 5.92 Å². The average molecular weight is 265 g/mol. The Balaban J connectivity index is 2.16. The van der Waals surface area contributed by atoms with E-state index in [9.17, 15) is 0 Å². The second-order valence-corrected chi connectivity index (χ2v) is 5.25. The summed E-state index contributed by atoms with van der Waals surface area (Å²) in [5, 5.41) is 0. The van der Waals surface area contributed by atoms with Gasteiger partial charge in [0.1, 0.15) is 0 Å². The molecule has 0 spiro atoms. The zero-order chi connectivity index (χ0) is 14.1. The Hall–Kier alpha value is -2.42. The van der Waals surface area contributed by atoms with Crippen molar-refractivity contribution >= 4 is 5.69 Å². The molecule has 3 heteroatoms. The number of anilines is 1. The van der Waals surface area contributed by atoms with E-state index in [0.717, 1.165) is 16.8 Å². The van der Waals surface area contributed by atoms with Gasteiger partial charge in [-0.1, -0.05) is 12.1 Å². The number of aromatic nitrogens is 2. The number of hydrogen-bond donors (Lipinski definition) is 3. The average Bonchev–Trinajstić information content (AvgIpc) is 3.09. The van der Waals surface area contributed by atoms with Crippen LogP contribution in [0.4, 0.5) is 5.69 Å². The first-order valence-electron chi connectivity index (χ1n) is 6.80. The summed E-state index contributed by atoms with van der Waals surface area (Å²) in [5.41, 5.74) is 12.8. The number of aromatic amines is 2. The number of H-pyrrole nitrogens is 2. The third kappa shape index (κ3) is 2.11. The van der Waals surface area contributed by atoms with Crippen LogP contribution in [0, 0.1) is 13.8 Å². The van der Waals surface area contributed by atoms with Crippen molar-refractivity contribution in [2.45, 2.75) is 19.8 Å². The summed E-state index contributed by atoms with van der Waals surface area (Å²) in [6, 6.07) is 12.6. The molecule has 0 aliphatic rings. The fourth-order valence-electron chi connectivity index (χ4n) is 2.75. The first-order valence-corrected chi connectivity index (χ1v) is 6.80. The molecule has 3 rings (SSSR count). The van der Waals surface area contributed by atoms with Gasteiger partial charge >= 0.3 is 0 Å². The SMILES string of the molecule is Cc1cc(C(c2ccc[nH]2)c2ccc[nH]2)cc(C)c1N. The smallest absolute Gasteiger partial charge is 0.0641 e. The fraction of sp³-hybridized carbons (Fsp3) is 0.176. The van der Waals surface area contributed by atoms with Crippen molar-refractivity contribution in [3.8, 4) is 0 Å². The van der Waals surface area contributed by atoms with Gasteiger partial charge in [0.05, 0.1) is 5.92 Å². The molecule has 2 heterocycles. The van der Waals surface area contributed by atoms with Crippen LogP contribution in [-0.2, 0) is 0 Å². The molecule has 102 valence electrons. The summed E-state index contributed by atoms with van der Waals surface area (Å²) in [6.07, 6.45) is 3.92. The van der Waals surface area contributed by atoms with Gasteiger partial charge < -0.3 is 15.7 Å². The van der Waals surface area contributed by atoms with E-state index < -0.39 is 0 Å². The van der Waals surface area contributed by atoms with Gasteiger partial charge in [-0.3, -0.25) is 0 Å². The van der Waals surface area contributed by atoms with Crippen LogP contribution in [0.1, 0.15) is 34.0 Å². The van der Waals surface area contributed by atoms with E-state index >= 15 is 0 Å². The lowest BCUT2D eigenvalue weighted by Gasteiger charge is -2.18. The Morgan fingerprint density at radius 2 is 1.40 bits per heavy atom. The van der Waals surface area contributed by atoms with Crippen molar-refractivity contribution in [3.05, 3.63) is 76.9 Å². The maximum atomic E-state index is 6.07. The van der Waals surface area contributed by atoms with Crippen LogP contribution in [0.5, 0.6) is 0 Å². The van der Waals surface area contributed by atoms with Crippen LogP contribution in [0.3, 0.4) is 0 Å². The third-order valence-corrected chi connectivity index (χ3v) is 3.82. The second kappa shape index (κ2) is 4.93. The predicted molar refractivity (Wildman–Crippen MR) is 82.9 cm³/mol. The van der Waals surface area contributed by atoms with Gasteiger partial charge in [0, 0.05) is 29.5 Å². The topological polar surface area (TPSA) is 57.6 Å². The Bertz CT molecular complexity index is 637. The number of benzene rings is 1. The molecule has 0 unspecified atom stereocenters. The highest BCUT2D eigenvalue weighted by atomic mass is 14.7. The van der Waals surface area contributed by atoms with Crippen molar-refractivity contribution in [1.82, 2.24) is 9.97 Å². The molecule has 0 aliphatic carbocycles. The van der Waals surface area contributed by atoms with Crippen LogP contribution in [0.15, 0.2) is 48.8 Å². The molecule has 0 saturated heterocycles. The molecule has 3 nitrogen and oxygen atoms in total. The predicted octanol–water partition coefficient (Wildman–Crippen LogP) is 3.72. The highest BCUT2D eigenvalue weighted by Gasteiger charge is 2.19. The summed E-state index contributed by atoms with van der Waals surface area (Å²) in [6.45, 7) is 4.12. The molecule has 4 N–H and O–H groups in total. The Morgan fingerprint density at radius 3 is 1.80 bits per heavy atom. The molecular formula is C17H19N3. The van der Waals surface area contributed by atoms with Crippen molar-refractivity contribution in [2.24, 2.45) is 0 Å². The van der Waals surface area contributed by atoms with Gasteiger partial charge in [0.2, 0.25) is 0 Å². The highest BCUT2D eigenvalue weighted by Crippen LogP contribution is 2.32. The van der Waals surface area contributed by atoms with Crippen LogP contribution in [0.2, 0.25) is 0 Å². The Morgan fingerprint density at radius 1 is 0.900 bits per heavy atom. The van der Waals surface area contributed by atoms with Crippen LogP contribution in [0.25, 0.3) is 0 Å². The van der Waals surface area contributed by atoms with Crippen LogP contribution < -0.4 is 5.73 Å². The molecule has 20 heavy (non-hydrogen) atoms. The van der Waals surface area contributed by atoms with E-state index in [1.54, 1.807) is 0 Å². The lowest BCUT2D eigenvalue weighted by Crippen LogP contribution is -2.06. The zero-order valence-electron chi connectivity index (χ0n) is 11.8. The quantitative estimate of drug-likeness (QED) is 0.621. The summed E-state index contributed by atoms with van der Waals surface area (Å²) >= 11 is 0. The molecule has 0 bridgehead atoms. The molecule has 0 aliphatic heterocycles. The number of nitrogens with two attached hydrogens (primary N) is 1. The zero-order valence-corrected chi connectivity index (χ0v) is 11.8. The summed E-state index contributed by atoms with van der Waals surface area (Å²) in [7, 11) is 0. The first-order chi connectivity index (χ1) is 9.66. The maximum absolute atomic E-state index is 6.07. The van der Waals surface area contributed by atoms with E-state index in [0.29, 0.717) is 0 Å². The van der Waals surface area contributed by atoms with Gasteiger partial charge in [0.25, 0.3) is 0 Å². The number of aryl methyl sites for hydroxylation is 2. The molecule has 2 aromatic heterocycles. The molecule has 3 aromatic rings. The van der Waals surface area contributed by atoms with Gasteiger partial charge in [-0.25, -0.2) is 0 Å². The number of rotatable bonds is 3. The van der Waals surface area contributed by atoms with E-state index in [2.05, 4.69) is 48.1 Å². The van der Waals surface area contributed by atoms with E-state index in [4.69, 9.17) is 5.73 Å². The van der Waals surface area contributed by atoms with Crippen molar-refractivity contribution in [3.63, 3.8) is 0 Å². The minimum Gasteiger partial charge on any atom is -0.398 e. The van der Waals surface area contributed by atoms with Gasteiger partial charge in [-0.05, 0) is 54.8 Å². The molecule has 0 atom stereocenters. The number of nitrogens with one attached hydrogen (secondary N) is 2. The molecule has 0 saturated carbocycles. The van der Waals surface area contributed by atoms with Crippen molar-refractivity contribution in [1.29, 1.82) is 0 Å². The van der Waals surface area contributed by atoms with Gasteiger partial charge in [0.15, 0.2) is 0 Å². The minimum atomic E-state index is 0.179. The Kier molecular flexibility index (Phi) is 3.11. The second-order valence-electron chi connectivity index (χ2n) is 5.25.